The van der Waals surface area contributed by atoms with Crippen LogP contribution in [0, 0.1) is 5.21 Å². The Labute approximate surface area is 83.8 Å². The van der Waals surface area contributed by atoms with Crippen molar-refractivity contribution in [2.45, 2.75) is 12.8 Å². The van der Waals surface area contributed by atoms with Gasteiger partial charge in [0.15, 0.2) is 12.3 Å². The number of benzene rings is 1. The highest BCUT2D eigenvalue weighted by Crippen LogP contribution is 2.07. The van der Waals surface area contributed by atoms with Gasteiger partial charge in [-0.25, -0.2) is 4.74 Å². The van der Waals surface area contributed by atoms with Crippen LogP contribution in [0.4, 0.5) is 0 Å². The molecule has 1 aliphatic heterocycles. The van der Waals surface area contributed by atoms with Crippen molar-refractivity contribution < 1.29 is 4.74 Å². The van der Waals surface area contributed by atoms with Gasteiger partial charge in [-0.15, -0.1) is 0 Å². The fraction of sp³-hybridized carbons (Fsp3) is 0.250. The van der Waals surface area contributed by atoms with Crippen LogP contribution in [0.2, 0.25) is 0 Å². The first-order chi connectivity index (χ1) is 6.86. The second-order valence-corrected chi connectivity index (χ2v) is 3.44. The highest BCUT2D eigenvalue weighted by Gasteiger charge is 2.13. The minimum absolute atomic E-state index is 0.647. The molecule has 0 amide bonds. The van der Waals surface area contributed by atoms with Crippen molar-refractivity contribution in [1.29, 1.82) is 0 Å². The largest absolute Gasteiger partial charge is 0.624 e. The highest BCUT2D eigenvalue weighted by molar-refractivity contribution is 5.95. The summed E-state index contributed by atoms with van der Waals surface area (Å²) in [5, 5.41) is 11.2. The Bertz CT molecular complexity index is 365. The average Bonchev–Trinajstić information content (AvgIpc) is 2.63. The van der Waals surface area contributed by atoms with E-state index in [0.29, 0.717) is 6.54 Å². The summed E-state index contributed by atoms with van der Waals surface area (Å²) in [7, 11) is 0. The van der Waals surface area contributed by atoms with E-state index in [9.17, 15) is 5.21 Å². The van der Waals surface area contributed by atoms with Gasteiger partial charge in [0.1, 0.15) is 0 Å². The van der Waals surface area contributed by atoms with Crippen molar-refractivity contribution in [3.63, 3.8) is 0 Å². The molecule has 0 unspecified atom stereocenters. The Hall–Kier alpha value is -1.57. The van der Waals surface area contributed by atoms with E-state index >= 15 is 0 Å². The average molecular weight is 187 g/mol. The molecule has 1 aliphatic rings. The fourth-order valence-corrected chi connectivity index (χ4v) is 1.60. The molecule has 1 aromatic rings. The third kappa shape index (κ3) is 2.02. The SMILES string of the molecule is [O-][N+]1=C(C=Cc2ccccc2)CCC1. The molecule has 14 heavy (non-hydrogen) atoms. The molecule has 0 aromatic heterocycles. The molecule has 0 fully saturated rings. The van der Waals surface area contributed by atoms with E-state index in [-0.39, 0.29) is 0 Å². The Kier molecular flexibility index (Phi) is 2.63. The topological polar surface area (TPSA) is 26.1 Å². The molecule has 0 radical (unpaired) electrons. The van der Waals surface area contributed by atoms with E-state index < -0.39 is 0 Å². The van der Waals surface area contributed by atoms with Gasteiger partial charge in [0, 0.05) is 18.9 Å². The Morgan fingerprint density at radius 1 is 1.14 bits per heavy atom. The standard InChI is InChI=1S/C12H13NO/c14-13-10-4-7-12(13)9-8-11-5-2-1-3-6-11/h1-3,5-6,8-9H,4,7,10H2. The molecule has 2 heteroatoms. The zero-order valence-corrected chi connectivity index (χ0v) is 8.02. The number of hydroxylamine groups is 1. The van der Waals surface area contributed by atoms with E-state index in [1.54, 1.807) is 0 Å². The van der Waals surface area contributed by atoms with E-state index in [1.165, 1.54) is 0 Å². The summed E-state index contributed by atoms with van der Waals surface area (Å²) < 4.78 is 1.08. The number of rotatable bonds is 2. The predicted octanol–water partition coefficient (Wildman–Crippen LogP) is 2.44. The van der Waals surface area contributed by atoms with Gasteiger partial charge in [0.25, 0.3) is 0 Å². The first kappa shape index (κ1) is 9.00. The van der Waals surface area contributed by atoms with Crippen molar-refractivity contribution >= 4 is 11.8 Å². The van der Waals surface area contributed by atoms with Crippen molar-refractivity contribution in [3.05, 3.63) is 47.2 Å². The molecular formula is C12H13NO. The molecule has 1 aromatic carbocycles. The van der Waals surface area contributed by atoms with Gasteiger partial charge in [0.05, 0.1) is 0 Å². The van der Waals surface area contributed by atoms with Crippen molar-refractivity contribution in [3.8, 4) is 0 Å². The lowest BCUT2D eigenvalue weighted by Gasteiger charge is -1.97. The summed E-state index contributed by atoms with van der Waals surface area (Å²) >= 11 is 0. The first-order valence-electron chi connectivity index (χ1n) is 4.90. The predicted molar refractivity (Wildman–Crippen MR) is 58.2 cm³/mol. The third-order valence-corrected chi connectivity index (χ3v) is 2.38. The van der Waals surface area contributed by atoms with E-state index in [4.69, 9.17) is 0 Å². The normalized spacial score (nSPS) is 16.9. The molecule has 2 nitrogen and oxygen atoms in total. The highest BCUT2D eigenvalue weighted by atomic mass is 16.5. The summed E-state index contributed by atoms with van der Waals surface area (Å²) in [5.74, 6) is 0. The van der Waals surface area contributed by atoms with Crippen LogP contribution in [0.25, 0.3) is 6.08 Å². The van der Waals surface area contributed by atoms with Crippen LogP contribution in [-0.4, -0.2) is 17.0 Å². The fourth-order valence-electron chi connectivity index (χ4n) is 1.60. The van der Waals surface area contributed by atoms with E-state index in [2.05, 4.69) is 0 Å². The zero-order chi connectivity index (χ0) is 9.80. The van der Waals surface area contributed by atoms with Gasteiger partial charge in [-0.2, -0.15) is 0 Å². The first-order valence-corrected chi connectivity index (χ1v) is 4.90. The molecule has 0 atom stereocenters. The maximum absolute atomic E-state index is 11.2. The van der Waals surface area contributed by atoms with Crippen molar-refractivity contribution in [2.24, 2.45) is 0 Å². The number of hydrogen-bond donors (Lipinski definition) is 0. The molecule has 0 aliphatic carbocycles. The molecule has 72 valence electrons. The van der Waals surface area contributed by atoms with E-state index in [0.717, 1.165) is 28.9 Å². The molecular weight excluding hydrogens is 174 g/mol. The molecule has 0 saturated carbocycles. The Morgan fingerprint density at radius 3 is 2.57 bits per heavy atom. The summed E-state index contributed by atoms with van der Waals surface area (Å²) in [6.45, 7) is 0.647. The van der Waals surface area contributed by atoms with Crippen LogP contribution < -0.4 is 0 Å². The quantitative estimate of drug-likeness (QED) is 0.516. The van der Waals surface area contributed by atoms with Crippen molar-refractivity contribution in [1.82, 2.24) is 0 Å². The third-order valence-electron chi connectivity index (χ3n) is 2.38. The van der Waals surface area contributed by atoms with Crippen LogP contribution in [0.15, 0.2) is 36.4 Å². The number of nitrogens with zero attached hydrogens (tertiary/aromatic N) is 1. The summed E-state index contributed by atoms with van der Waals surface area (Å²) in [5.41, 5.74) is 2.04. The smallest absolute Gasteiger partial charge is 0.187 e. The minimum atomic E-state index is 0.647. The van der Waals surface area contributed by atoms with Gasteiger partial charge in [-0.05, 0) is 11.6 Å². The summed E-state index contributed by atoms with van der Waals surface area (Å²) in [6.07, 6.45) is 5.81. The molecule has 2 rings (SSSR count). The van der Waals surface area contributed by atoms with Gasteiger partial charge in [0.2, 0.25) is 0 Å². The molecule has 1 heterocycles. The number of hydrogen-bond acceptors (Lipinski definition) is 1. The van der Waals surface area contributed by atoms with Crippen LogP contribution >= 0.6 is 0 Å². The maximum atomic E-state index is 11.2. The second kappa shape index (κ2) is 4.09. The lowest BCUT2D eigenvalue weighted by Crippen LogP contribution is -2.04. The molecule has 0 saturated heterocycles. The lowest BCUT2D eigenvalue weighted by molar-refractivity contribution is -0.447. The Balaban J connectivity index is 2.11. The maximum Gasteiger partial charge on any atom is 0.187 e. The van der Waals surface area contributed by atoms with Crippen molar-refractivity contribution in [2.75, 3.05) is 6.54 Å². The van der Waals surface area contributed by atoms with Gasteiger partial charge < -0.3 is 5.21 Å². The summed E-state index contributed by atoms with van der Waals surface area (Å²) in [4.78, 5) is 0. The van der Waals surface area contributed by atoms with E-state index in [1.807, 2.05) is 42.5 Å². The summed E-state index contributed by atoms with van der Waals surface area (Å²) in [6, 6.07) is 10.0. The monoisotopic (exact) mass is 187 g/mol. The number of allylic oxidation sites excluding steroid dienone is 1. The van der Waals surface area contributed by atoms with Gasteiger partial charge in [-0.1, -0.05) is 30.3 Å². The van der Waals surface area contributed by atoms with Gasteiger partial charge in [-0.3, -0.25) is 0 Å². The second-order valence-electron chi connectivity index (χ2n) is 3.44. The molecule has 0 N–H and O–H groups in total. The zero-order valence-electron chi connectivity index (χ0n) is 8.02. The Morgan fingerprint density at radius 2 is 1.93 bits per heavy atom. The van der Waals surface area contributed by atoms with Crippen LogP contribution in [0.3, 0.4) is 0 Å². The molecule has 0 spiro atoms. The minimum Gasteiger partial charge on any atom is -0.624 e. The lowest BCUT2D eigenvalue weighted by atomic mass is 10.1. The van der Waals surface area contributed by atoms with Crippen LogP contribution in [0.5, 0.6) is 0 Å². The van der Waals surface area contributed by atoms with Crippen LogP contribution in [-0.2, 0) is 0 Å². The van der Waals surface area contributed by atoms with Crippen LogP contribution in [0.1, 0.15) is 18.4 Å². The van der Waals surface area contributed by atoms with Gasteiger partial charge >= 0.3 is 0 Å². The molecule has 0 bridgehead atoms.